The first-order valence-electron chi connectivity index (χ1n) is 6.24. The lowest BCUT2D eigenvalue weighted by atomic mass is 10.00. The van der Waals surface area contributed by atoms with Gasteiger partial charge in [-0.05, 0) is 47.2 Å². The predicted octanol–water partition coefficient (Wildman–Crippen LogP) is 5.63. The lowest BCUT2D eigenvalue weighted by molar-refractivity contribution is 0.103. The largest absolute Gasteiger partial charge is 0.289 e. The van der Waals surface area contributed by atoms with Crippen molar-refractivity contribution in [3.63, 3.8) is 0 Å². The van der Waals surface area contributed by atoms with Crippen molar-refractivity contribution in [3.8, 4) is 0 Å². The topological polar surface area (TPSA) is 17.1 Å². The first-order chi connectivity index (χ1) is 10.0. The Labute approximate surface area is 134 Å². The van der Waals surface area contributed by atoms with E-state index in [2.05, 4.69) is 15.9 Å². The maximum absolute atomic E-state index is 13.3. The molecule has 0 aromatic heterocycles. The highest BCUT2D eigenvalue weighted by molar-refractivity contribution is 9.10. The zero-order valence-corrected chi connectivity index (χ0v) is 13.1. The molecule has 3 aromatic rings. The van der Waals surface area contributed by atoms with Crippen molar-refractivity contribution in [2.24, 2.45) is 0 Å². The molecule has 0 radical (unpaired) electrons. The molecule has 0 aliphatic carbocycles. The van der Waals surface area contributed by atoms with E-state index in [1.54, 1.807) is 12.1 Å². The highest BCUT2D eigenvalue weighted by atomic mass is 79.9. The number of fused-ring (bicyclic) bond motifs is 1. The van der Waals surface area contributed by atoms with E-state index in [0.29, 0.717) is 5.56 Å². The van der Waals surface area contributed by atoms with Gasteiger partial charge in [-0.1, -0.05) is 45.7 Å². The normalized spacial score (nSPS) is 10.8. The Morgan fingerprint density at radius 3 is 2.48 bits per heavy atom. The maximum Gasteiger partial charge on any atom is 0.194 e. The van der Waals surface area contributed by atoms with E-state index in [-0.39, 0.29) is 16.4 Å². The molecule has 0 spiro atoms. The molecule has 1 nitrogen and oxygen atoms in total. The number of halogens is 3. The van der Waals surface area contributed by atoms with Gasteiger partial charge in [-0.25, -0.2) is 4.39 Å². The van der Waals surface area contributed by atoms with Crippen LogP contribution in [0.4, 0.5) is 4.39 Å². The van der Waals surface area contributed by atoms with Crippen LogP contribution in [0.3, 0.4) is 0 Å². The number of ketones is 1. The number of carbonyl (C=O) groups excluding carboxylic acids is 1. The van der Waals surface area contributed by atoms with Crippen molar-refractivity contribution in [2.45, 2.75) is 0 Å². The summed E-state index contributed by atoms with van der Waals surface area (Å²) in [5, 5.41) is 2.21. The second-order valence-corrected chi connectivity index (χ2v) is 5.98. The highest BCUT2D eigenvalue weighted by Gasteiger charge is 2.14. The van der Waals surface area contributed by atoms with Crippen molar-refractivity contribution < 1.29 is 9.18 Å². The minimum absolute atomic E-state index is 0.174. The summed E-state index contributed by atoms with van der Waals surface area (Å²) in [5.41, 5.74) is 0.658. The second-order valence-electron chi connectivity index (χ2n) is 4.66. The van der Waals surface area contributed by atoms with Gasteiger partial charge >= 0.3 is 0 Å². The zero-order chi connectivity index (χ0) is 15.0. The van der Waals surface area contributed by atoms with Crippen molar-refractivity contribution >= 4 is 44.1 Å². The smallest absolute Gasteiger partial charge is 0.194 e. The number of rotatable bonds is 2. The molecular weight excluding hydrogens is 355 g/mol. The maximum atomic E-state index is 13.3. The minimum Gasteiger partial charge on any atom is -0.289 e. The molecule has 21 heavy (non-hydrogen) atoms. The van der Waals surface area contributed by atoms with E-state index >= 15 is 0 Å². The van der Waals surface area contributed by atoms with Crippen LogP contribution in [0.15, 0.2) is 59.1 Å². The van der Waals surface area contributed by atoms with Gasteiger partial charge < -0.3 is 0 Å². The van der Waals surface area contributed by atoms with Crippen LogP contribution in [0.5, 0.6) is 0 Å². The molecule has 104 valence electrons. The van der Waals surface area contributed by atoms with Crippen LogP contribution in [0.1, 0.15) is 15.9 Å². The Morgan fingerprint density at radius 2 is 1.67 bits per heavy atom. The summed E-state index contributed by atoms with van der Waals surface area (Å²) in [6.45, 7) is 0. The van der Waals surface area contributed by atoms with Gasteiger partial charge in [0.25, 0.3) is 0 Å². The summed E-state index contributed by atoms with van der Waals surface area (Å²) < 4.78 is 14.3. The summed E-state index contributed by atoms with van der Waals surface area (Å²) in [6, 6.07) is 15.0. The standard InChI is InChI=1S/C17H9BrClFO/c18-13-4-3-10-7-12(2-1-11(10)8-13)17(21)15-9-14(20)5-6-16(15)19/h1-9H. The molecule has 4 heteroatoms. The van der Waals surface area contributed by atoms with E-state index in [4.69, 9.17) is 11.6 Å². The van der Waals surface area contributed by atoms with Gasteiger partial charge in [0.1, 0.15) is 5.82 Å². The molecule has 0 saturated carbocycles. The van der Waals surface area contributed by atoms with Crippen molar-refractivity contribution in [1.29, 1.82) is 0 Å². The Bertz CT molecular complexity index is 861. The van der Waals surface area contributed by atoms with Crippen molar-refractivity contribution in [1.82, 2.24) is 0 Å². The van der Waals surface area contributed by atoms with Gasteiger partial charge in [0.05, 0.1) is 5.02 Å². The number of benzene rings is 3. The van der Waals surface area contributed by atoms with Crippen LogP contribution in [-0.2, 0) is 0 Å². The first-order valence-corrected chi connectivity index (χ1v) is 7.41. The Hall–Kier alpha value is -1.71. The highest BCUT2D eigenvalue weighted by Crippen LogP contribution is 2.24. The van der Waals surface area contributed by atoms with Crippen molar-refractivity contribution in [3.05, 3.63) is 81.0 Å². The minimum atomic E-state index is -0.479. The number of carbonyl (C=O) groups is 1. The van der Waals surface area contributed by atoms with Gasteiger partial charge in [-0.3, -0.25) is 4.79 Å². The third kappa shape index (κ3) is 2.85. The number of hydrogen-bond acceptors (Lipinski definition) is 1. The average molecular weight is 364 g/mol. The van der Waals surface area contributed by atoms with Crippen LogP contribution in [0.25, 0.3) is 10.8 Å². The molecule has 0 aliphatic heterocycles. The van der Waals surface area contributed by atoms with Gasteiger partial charge in [0.2, 0.25) is 0 Å². The van der Waals surface area contributed by atoms with E-state index in [1.165, 1.54) is 12.1 Å². The van der Waals surface area contributed by atoms with Gasteiger partial charge in [0.15, 0.2) is 5.78 Å². The molecule has 0 heterocycles. The second kappa shape index (κ2) is 5.58. The van der Waals surface area contributed by atoms with Crippen molar-refractivity contribution in [2.75, 3.05) is 0 Å². The molecule has 0 fully saturated rings. The van der Waals surface area contributed by atoms with Crippen LogP contribution in [0.2, 0.25) is 5.02 Å². The molecule has 0 bridgehead atoms. The lowest BCUT2D eigenvalue weighted by Crippen LogP contribution is -2.02. The summed E-state index contributed by atoms with van der Waals surface area (Å²) >= 11 is 9.39. The molecule has 0 amide bonds. The van der Waals surface area contributed by atoms with Crippen LogP contribution >= 0.6 is 27.5 Å². The van der Waals surface area contributed by atoms with Crippen LogP contribution in [0, 0.1) is 5.82 Å². The molecule has 0 atom stereocenters. The first kappa shape index (κ1) is 14.2. The molecule has 0 N–H and O–H groups in total. The van der Waals surface area contributed by atoms with E-state index in [9.17, 15) is 9.18 Å². The summed E-state index contributed by atoms with van der Waals surface area (Å²) in [6.07, 6.45) is 0. The number of hydrogen-bond donors (Lipinski definition) is 0. The monoisotopic (exact) mass is 362 g/mol. The molecular formula is C17H9BrClFO. The Morgan fingerprint density at radius 1 is 0.952 bits per heavy atom. The zero-order valence-electron chi connectivity index (χ0n) is 10.7. The third-order valence-electron chi connectivity index (χ3n) is 3.24. The SMILES string of the molecule is O=C(c1ccc2cc(Br)ccc2c1)c1cc(F)ccc1Cl. The van der Waals surface area contributed by atoms with Gasteiger partial charge in [-0.2, -0.15) is 0 Å². The van der Waals surface area contributed by atoms with Gasteiger partial charge in [-0.15, -0.1) is 0 Å². The van der Waals surface area contributed by atoms with E-state index in [1.807, 2.05) is 24.3 Å². The van der Waals surface area contributed by atoms with Crippen LogP contribution < -0.4 is 0 Å². The fraction of sp³-hybridized carbons (Fsp3) is 0. The van der Waals surface area contributed by atoms with E-state index in [0.717, 1.165) is 21.3 Å². The molecule has 0 saturated heterocycles. The Balaban J connectivity index is 2.09. The fourth-order valence-corrected chi connectivity index (χ4v) is 2.77. The molecule has 3 aromatic carbocycles. The fourth-order valence-electron chi connectivity index (χ4n) is 2.18. The summed E-state index contributed by atoms with van der Waals surface area (Å²) in [7, 11) is 0. The Kier molecular flexibility index (Phi) is 3.79. The quantitative estimate of drug-likeness (QED) is 0.540. The molecule has 3 rings (SSSR count). The summed E-state index contributed by atoms with van der Waals surface area (Å²) in [4.78, 5) is 12.5. The molecule has 0 unspecified atom stereocenters. The predicted molar refractivity (Wildman–Crippen MR) is 86.5 cm³/mol. The molecule has 0 aliphatic rings. The average Bonchev–Trinajstić information content (AvgIpc) is 2.48. The van der Waals surface area contributed by atoms with Gasteiger partial charge in [0, 0.05) is 15.6 Å². The van der Waals surface area contributed by atoms with E-state index < -0.39 is 5.82 Å². The summed E-state index contributed by atoms with van der Waals surface area (Å²) in [5.74, 6) is -0.767. The third-order valence-corrected chi connectivity index (χ3v) is 4.06. The van der Waals surface area contributed by atoms with Crippen LogP contribution in [-0.4, -0.2) is 5.78 Å². The lowest BCUT2D eigenvalue weighted by Gasteiger charge is -2.06.